The first kappa shape index (κ1) is 29.5. The van der Waals surface area contributed by atoms with Crippen molar-refractivity contribution in [1.29, 1.82) is 0 Å². The molecule has 0 saturated heterocycles. The first-order valence-electron chi connectivity index (χ1n) is 12.7. The van der Waals surface area contributed by atoms with E-state index in [1.54, 1.807) is 26.3 Å². The molecule has 2 aromatic carbocycles. The summed E-state index contributed by atoms with van der Waals surface area (Å²) in [5.74, 6) is 0.438. The monoisotopic (exact) mass is 544 g/mol. The van der Waals surface area contributed by atoms with Crippen LogP contribution in [0.25, 0.3) is 10.8 Å². The second-order valence-electron chi connectivity index (χ2n) is 8.98. The molecule has 1 aromatic heterocycles. The van der Waals surface area contributed by atoms with Crippen LogP contribution in [0, 0.1) is 0 Å². The number of carbonyl (C=O) groups excluding carboxylic acids is 1. The number of nitrogens with zero attached hydrogens (tertiary/aromatic N) is 2. The van der Waals surface area contributed by atoms with Crippen molar-refractivity contribution in [3.8, 4) is 5.75 Å². The van der Waals surface area contributed by atoms with Crippen molar-refractivity contribution >= 4 is 31.1 Å². The Hall–Kier alpha value is -3.04. The average Bonchev–Trinajstić information content (AvgIpc) is 2.90. The van der Waals surface area contributed by atoms with E-state index in [9.17, 15) is 9.59 Å². The van der Waals surface area contributed by atoms with Crippen molar-refractivity contribution < 1.29 is 23.3 Å². The predicted octanol–water partition coefficient (Wildman–Crippen LogP) is 4.59. The molecule has 0 aliphatic rings. The molecule has 0 aliphatic carbocycles. The summed E-state index contributed by atoms with van der Waals surface area (Å²) in [7, 11) is -0.174. The molecule has 0 aliphatic heterocycles. The van der Waals surface area contributed by atoms with E-state index in [4.69, 9.17) is 24.3 Å². The highest BCUT2D eigenvalue weighted by Gasteiger charge is 2.25. The lowest BCUT2D eigenvalue weighted by Gasteiger charge is -2.25. The van der Waals surface area contributed by atoms with Gasteiger partial charge in [0, 0.05) is 24.7 Å². The van der Waals surface area contributed by atoms with Gasteiger partial charge in [-0.25, -0.2) is 9.88 Å². The molecule has 0 amide bonds. The second kappa shape index (κ2) is 14.8. The average molecular weight is 545 g/mol. The number of nitrogens with one attached hydrogen (secondary N) is 1. The molecule has 10 nitrogen and oxygen atoms in total. The largest absolute Gasteiger partial charge is 0.465 e. The van der Waals surface area contributed by atoms with Crippen LogP contribution < -0.4 is 21.0 Å². The van der Waals surface area contributed by atoms with Crippen molar-refractivity contribution in [1.82, 2.24) is 14.6 Å². The zero-order chi connectivity index (χ0) is 27.5. The Bertz CT molecular complexity index is 1230. The van der Waals surface area contributed by atoms with Gasteiger partial charge in [-0.05, 0) is 44.2 Å². The molecular formula is C27H37N4O6P. The summed E-state index contributed by atoms with van der Waals surface area (Å²) in [6.45, 7) is 6.18. The summed E-state index contributed by atoms with van der Waals surface area (Å²) in [5, 5.41) is 5.10. The lowest BCUT2D eigenvalue weighted by atomic mass is 10.1. The number of nitrogens with two attached hydrogens (primary N) is 1. The van der Waals surface area contributed by atoms with Gasteiger partial charge in [-0.2, -0.15) is 4.98 Å². The van der Waals surface area contributed by atoms with Crippen LogP contribution in [0.2, 0.25) is 0 Å². The van der Waals surface area contributed by atoms with Gasteiger partial charge in [0.05, 0.1) is 19.3 Å². The first-order valence-corrected chi connectivity index (χ1v) is 13.9. The van der Waals surface area contributed by atoms with Gasteiger partial charge in [-0.15, -0.1) is 0 Å². The van der Waals surface area contributed by atoms with Crippen molar-refractivity contribution in [2.75, 3.05) is 26.1 Å². The van der Waals surface area contributed by atoms with Gasteiger partial charge >= 0.3 is 20.2 Å². The highest BCUT2D eigenvalue weighted by Crippen LogP contribution is 2.40. The molecule has 1 heterocycles. The van der Waals surface area contributed by atoms with Gasteiger partial charge in [-0.1, -0.05) is 49.7 Å². The molecule has 3 unspecified atom stereocenters. The van der Waals surface area contributed by atoms with Crippen LogP contribution in [0.15, 0.2) is 59.5 Å². The van der Waals surface area contributed by atoms with Crippen LogP contribution in [0.3, 0.4) is 0 Å². The maximum Gasteiger partial charge on any atom is 0.349 e. The molecule has 38 heavy (non-hydrogen) atoms. The molecule has 0 spiro atoms. The number of esters is 1. The summed E-state index contributed by atoms with van der Waals surface area (Å²) >= 11 is 0. The lowest BCUT2D eigenvalue weighted by molar-refractivity contribution is -0.145. The summed E-state index contributed by atoms with van der Waals surface area (Å²) < 4.78 is 24.9. The number of unbranched alkanes of at least 4 members (excludes halogenated alkanes) is 1. The predicted molar refractivity (Wildman–Crippen MR) is 149 cm³/mol. The van der Waals surface area contributed by atoms with Gasteiger partial charge in [-0.3, -0.25) is 9.36 Å². The van der Waals surface area contributed by atoms with E-state index in [1.165, 1.54) is 4.57 Å². The summed E-state index contributed by atoms with van der Waals surface area (Å²) in [4.78, 5) is 28.5. The summed E-state index contributed by atoms with van der Waals surface area (Å²) in [6, 6.07) is 14.4. The molecule has 3 rings (SSSR count). The van der Waals surface area contributed by atoms with Crippen LogP contribution in [0.1, 0.15) is 46.1 Å². The summed E-state index contributed by atoms with van der Waals surface area (Å²) in [6.07, 6.45) is 3.48. The molecule has 0 bridgehead atoms. The van der Waals surface area contributed by atoms with Crippen molar-refractivity contribution in [2.24, 2.45) is 0 Å². The van der Waals surface area contributed by atoms with E-state index in [0.29, 0.717) is 18.8 Å². The number of hydrogen-bond acceptors (Lipinski definition) is 9. The molecule has 0 fully saturated rings. The van der Waals surface area contributed by atoms with Gasteiger partial charge < -0.3 is 24.3 Å². The van der Waals surface area contributed by atoms with Crippen LogP contribution in [0.5, 0.6) is 5.75 Å². The van der Waals surface area contributed by atoms with E-state index >= 15 is 0 Å². The number of nitrogen functional groups attached to an aromatic ring is 1. The van der Waals surface area contributed by atoms with Gasteiger partial charge in [0.15, 0.2) is 0 Å². The highest BCUT2D eigenvalue weighted by molar-refractivity contribution is 7.45. The number of methoxy groups -OCH3 is 1. The fraction of sp³-hybridized carbons (Fsp3) is 0.444. The molecule has 0 radical (unpaired) electrons. The number of hydrogen-bond donors (Lipinski definition) is 2. The fourth-order valence-electron chi connectivity index (χ4n) is 3.75. The number of aromatic nitrogens is 2. The minimum atomic E-state index is -1.76. The normalized spacial score (nSPS) is 14.5. The zero-order valence-corrected chi connectivity index (χ0v) is 23.2. The van der Waals surface area contributed by atoms with Crippen LogP contribution >= 0.6 is 8.53 Å². The molecule has 11 heteroatoms. The van der Waals surface area contributed by atoms with Crippen LogP contribution in [-0.4, -0.2) is 48.0 Å². The third-order valence-corrected chi connectivity index (χ3v) is 7.31. The van der Waals surface area contributed by atoms with E-state index in [0.717, 1.165) is 23.6 Å². The van der Waals surface area contributed by atoms with Crippen molar-refractivity contribution in [3.63, 3.8) is 0 Å². The second-order valence-corrected chi connectivity index (χ2v) is 10.2. The number of carbonyl (C=O) groups is 1. The Balaban J connectivity index is 1.72. The Morgan fingerprint density at radius 2 is 1.92 bits per heavy atom. The maximum atomic E-state index is 12.5. The van der Waals surface area contributed by atoms with E-state index in [-0.39, 0.29) is 30.5 Å². The van der Waals surface area contributed by atoms with Crippen molar-refractivity contribution in [3.05, 3.63) is 65.2 Å². The van der Waals surface area contributed by atoms with Crippen LogP contribution in [-0.2, 0) is 18.8 Å². The number of ether oxygens (including phenoxy) is 2. The Morgan fingerprint density at radius 1 is 1.16 bits per heavy atom. The Labute approximate surface area is 224 Å². The van der Waals surface area contributed by atoms with Crippen LogP contribution in [0.4, 0.5) is 5.82 Å². The number of fused-ring (bicyclic) bond motifs is 1. The SMILES string of the molecule is CCCCOC(=O)[C@H](C)NP(OCC(CC(C)n1ccc(N)nc1=O)OC)Oc1cccc2ccccc12. The zero-order valence-electron chi connectivity index (χ0n) is 22.3. The minimum absolute atomic E-state index is 0.166. The van der Waals surface area contributed by atoms with Gasteiger partial charge in [0.25, 0.3) is 0 Å². The van der Waals surface area contributed by atoms with E-state index in [2.05, 4.69) is 10.1 Å². The molecule has 206 valence electrons. The molecule has 0 saturated carbocycles. The third-order valence-electron chi connectivity index (χ3n) is 5.97. The first-order chi connectivity index (χ1) is 18.3. The van der Waals surface area contributed by atoms with E-state index in [1.807, 2.05) is 56.3 Å². The maximum absolute atomic E-state index is 12.5. The number of anilines is 1. The Kier molecular flexibility index (Phi) is 11.5. The van der Waals surface area contributed by atoms with Crippen molar-refractivity contribution in [2.45, 2.75) is 58.2 Å². The van der Waals surface area contributed by atoms with Gasteiger partial charge in [0.1, 0.15) is 17.6 Å². The van der Waals surface area contributed by atoms with E-state index < -0.39 is 20.3 Å². The Morgan fingerprint density at radius 3 is 2.66 bits per heavy atom. The smallest absolute Gasteiger partial charge is 0.349 e. The standard InChI is InChI=1S/C27H37N4O6P/c1-5-6-16-35-26(32)20(3)30-38(37-24-13-9-11-21-10-7-8-12-23(21)24)36-18-22(34-4)17-19(2)31-15-14-25(28)29-27(31)33/h7-15,19-20,22,30H,5-6,16-18H2,1-4H3,(H2,28,29,33)/t19?,20-,22?,38?/m0/s1. The quantitative estimate of drug-likeness (QED) is 0.160. The van der Waals surface area contributed by atoms with Gasteiger partial charge in [0.2, 0.25) is 0 Å². The molecule has 4 atom stereocenters. The molecule has 3 aromatic rings. The fourth-order valence-corrected chi connectivity index (χ4v) is 4.99. The number of rotatable bonds is 15. The minimum Gasteiger partial charge on any atom is -0.465 e. The third kappa shape index (κ3) is 8.49. The lowest BCUT2D eigenvalue weighted by Crippen LogP contribution is -2.34. The number of benzene rings is 2. The topological polar surface area (TPSA) is 127 Å². The molecular weight excluding hydrogens is 507 g/mol. The summed E-state index contributed by atoms with van der Waals surface area (Å²) in [5.41, 5.74) is 5.18. The molecule has 3 N–H and O–H groups in total. The highest BCUT2D eigenvalue weighted by atomic mass is 31.2.